The monoisotopic (exact) mass is 262 g/mol. The van der Waals surface area contributed by atoms with Crippen LogP contribution in [0, 0.1) is 11.3 Å². The van der Waals surface area contributed by atoms with E-state index in [0.29, 0.717) is 11.2 Å². The molecule has 0 saturated carbocycles. The molecule has 96 valence electrons. The summed E-state index contributed by atoms with van der Waals surface area (Å²) in [5.74, 6) is -0.117. The number of nitrogens with zero attached hydrogens (tertiary/aromatic N) is 2. The third-order valence-corrected chi connectivity index (χ3v) is 3.15. The smallest absolute Gasteiger partial charge is 0.178 e. The first-order valence-corrected chi connectivity index (χ1v) is 6.04. The molecule has 0 radical (unpaired) electrons. The zero-order chi connectivity index (χ0) is 14.1. The number of allylic oxidation sites excluding steroid dienone is 5. The molecular formula is C16H10N2O2. The Balaban J connectivity index is 2.23. The molecule has 0 amide bonds. The zero-order valence-electron chi connectivity index (χ0n) is 10.4. The van der Waals surface area contributed by atoms with E-state index in [4.69, 9.17) is 5.26 Å². The summed E-state index contributed by atoms with van der Waals surface area (Å²) in [5, 5.41) is 19.3. The normalized spacial score (nSPS) is 13.8. The Labute approximate surface area is 115 Å². The second-order valence-corrected chi connectivity index (χ2v) is 4.39. The van der Waals surface area contributed by atoms with Crippen LogP contribution in [0.4, 0.5) is 0 Å². The fourth-order valence-corrected chi connectivity index (χ4v) is 2.19. The average Bonchev–Trinajstić information content (AvgIpc) is 2.74. The largest absolute Gasteiger partial charge is 0.504 e. The molecule has 0 saturated heterocycles. The lowest BCUT2D eigenvalue weighted by molar-refractivity contribution is -0.110. The maximum absolute atomic E-state index is 11.1. The molecular weight excluding hydrogens is 252 g/mol. The highest BCUT2D eigenvalue weighted by molar-refractivity contribution is 6.01. The minimum absolute atomic E-state index is 0.0510. The van der Waals surface area contributed by atoms with Crippen LogP contribution in [0.1, 0.15) is 11.3 Å². The molecule has 0 fully saturated rings. The molecule has 2 heterocycles. The van der Waals surface area contributed by atoms with Gasteiger partial charge in [-0.3, -0.25) is 4.79 Å². The van der Waals surface area contributed by atoms with Crippen LogP contribution in [0.15, 0.2) is 54.3 Å². The highest BCUT2D eigenvalue weighted by atomic mass is 16.3. The maximum atomic E-state index is 11.1. The molecule has 1 aliphatic rings. The number of hydrogen-bond acceptors (Lipinski definition) is 3. The van der Waals surface area contributed by atoms with Gasteiger partial charge in [0.15, 0.2) is 11.5 Å². The van der Waals surface area contributed by atoms with Gasteiger partial charge in [-0.2, -0.15) is 5.26 Å². The number of pyridine rings is 1. The molecule has 0 atom stereocenters. The van der Waals surface area contributed by atoms with Crippen molar-refractivity contribution in [3.63, 3.8) is 0 Å². The summed E-state index contributed by atoms with van der Waals surface area (Å²) in [5.41, 5.74) is 2.21. The van der Waals surface area contributed by atoms with Crippen molar-refractivity contribution in [1.82, 2.24) is 4.40 Å². The number of aromatic hydroxyl groups is 1. The molecule has 1 aliphatic carbocycles. The van der Waals surface area contributed by atoms with Gasteiger partial charge in [-0.15, -0.1) is 0 Å². The molecule has 0 bridgehead atoms. The number of rotatable bonds is 1. The molecule has 2 aromatic rings. The summed E-state index contributed by atoms with van der Waals surface area (Å²) in [7, 11) is 0. The summed E-state index contributed by atoms with van der Waals surface area (Å²) in [6.45, 7) is 0. The number of nitriles is 1. The quantitative estimate of drug-likeness (QED) is 0.859. The Morgan fingerprint density at radius 2 is 1.95 bits per heavy atom. The molecule has 0 spiro atoms. The van der Waals surface area contributed by atoms with E-state index in [9.17, 15) is 9.90 Å². The lowest BCUT2D eigenvalue weighted by Crippen LogP contribution is -1.92. The molecule has 0 unspecified atom stereocenters. The van der Waals surface area contributed by atoms with Crippen LogP contribution in [0.25, 0.3) is 11.6 Å². The van der Waals surface area contributed by atoms with E-state index in [1.165, 1.54) is 12.2 Å². The third kappa shape index (κ3) is 1.82. The maximum Gasteiger partial charge on any atom is 0.178 e. The van der Waals surface area contributed by atoms with Gasteiger partial charge in [-0.25, -0.2) is 0 Å². The number of aromatic nitrogens is 1. The lowest BCUT2D eigenvalue weighted by atomic mass is 10.1. The molecule has 2 aromatic heterocycles. The summed E-state index contributed by atoms with van der Waals surface area (Å²) in [4.78, 5) is 11.1. The third-order valence-electron chi connectivity index (χ3n) is 3.15. The van der Waals surface area contributed by atoms with Crippen LogP contribution >= 0.6 is 0 Å². The number of carbonyl (C=O) groups is 1. The minimum Gasteiger partial charge on any atom is -0.504 e. The Morgan fingerprint density at radius 1 is 1.20 bits per heavy atom. The van der Waals surface area contributed by atoms with Crippen LogP contribution in [0.2, 0.25) is 0 Å². The van der Waals surface area contributed by atoms with Gasteiger partial charge in [0.2, 0.25) is 0 Å². The van der Waals surface area contributed by atoms with Crippen molar-refractivity contribution >= 4 is 17.4 Å². The van der Waals surface area contributed by atoms with E-state index in [2.05, 4.69) is 0 Å². The average molecular weight is 262 g/mol. The number of ketones is 1. The summed E-state index contributed by atoms with van der Waals surface area (Å²) < 4.78 is 1.75. The van der Waals surface area contributed by atoms with Gasteiger partial charge in [0.1, 0.15) is 11.6 Å². The topological polar surface area (TPSA) is 65.5 Å². The number of fused-ring (bicyclic) bond motifs is 1. The Bertz CT molecular complexity index is 827. The first-order chi connectivity index (χ1) is 9.70. The molecule has 3 rings (SSSR count). The highest BCUT2D eigenvalue weighted by Crippen LogP contribution is 2.31. The Kier molecular flexibility index (Phi) is 2.73. The Morgan fingerprint density at radius 3 is 2.65 bits per heavy atom. The van der Waals surface area contributed by atoms with Crippen molar-refractivity contribution in [2.45, 2.75) is 0 Å². The Hall–Kier alpha value is -3.06. The SMILES string of the molecule is N#Cc1c(O)c(C=C2C=CC(=O)C=C2)n2ccccc12. The van der Waals surface area contributed by atoms with Gasteiger partial charge in [-0.1, -0.05) is 18.2 Å². The number of hydrogen-bond donors (Lipinski definition) is 1. The second kappa shape index (κ2) is 4.56. The fourth-order valence-electron chi connectivity index (χ4n) is 2.19. The van der Waals surface area contributed by atoms with E-state index in [0.717, 1.165) is 5.57 Å². The van der Waals surface area contributed by atoms with Gasteiger partial charge < -0.3 is 9.51 Å². The standard InChI is InChI=1S/C16H10N2O2/c17-10-13-14-3-1-2-8-18(14)15(16(13)20)9-11-4-6-12(19)7-5-11/h1-9,20H. The van der Waals surface area contributed by atoms with E-state index in [-0.39, 0.29) is 17.1 Å². The molecule has 1 N–H and O–H groups in total. The first-order valence-electron chi connectivity index (χ1n) is 6.04. The summed E-state index contributed by atoms with van der Waals surface area (Å²) in [6, 6.07) is 7.42. The van der Waals surface area contributed by atoms with Crippen LogP contribution in [-0.4, -0.2) is 15.3 Å². The molecule has 20 heavy (non-hydrogen) atoms. The van der Waals surface area contributed by atoms with Gasteiger partial charge >= 0.3 is 0 Å². The van der Waals surface area contributed by atoms with Crippen LogP contribution in [0.5, 0.6) is 5.75 Å². The van der Waals surface area contributed by atoms with Gasteiger partial charge in [0, 0.05) is 6.20 Å². The van der Waals surface area contributed by atoms with Crippen molar-refractivity contribution in [3.8, 4) is 11.8 Å². The van der Waals surface area contributed by atoms with Gasteiger partial charge in [-0.05, 0) is 35.9 Å². The van der Waals surface area contributed by atoms with Crippen molar-refractivity contribution in [3.05, 3.63) is 65.5 Å². The van der Waals surface area contributed by atoms with E-state index >= 15 is 0 Å². The second-order valence-electron chi connectivity index (χ2n) is 4.39. The van der Waals surface area contributed by atoms with Crippen molar-refractivity contribution in [1.29, 1.82) is 5.26 Å². The van der Waals surface area contributed by atoms with Crippen LogP contribution in [-0.2, 0) is 4.79 Å². The molecule has 4 nitrogen and oxygen atoms in total. The minimum atomic E-state index is -0.0656. The number of carbonyl (C=O) groups excluding carboxylic acids is 1. The molecule has 0 aliphatic heterocycles. The van der Waals surface area contributed by atoms with Crippen LogP contribution < -0.4 is 0 Å². The predicted octanol–water partition coefficient (Wildman–Crippen LogP) is 2.60. The van der Waals surface area contributed by atoms with E-state index < -0.39 is 0 Å². The van der Waals surface area contributed by atoms with E-state index in [1.54, 1.807) is 34.9 Å². The van der Waals surface area contributed by atoms with Gasteiger partial charge in [0.05, 0.1) is 11.2 Å². The van der Waals surface area contributed by atoms with Crippen molar-refractivity contribution < 1.29 is 9.90 Å². The fraction of sp³-hybridized carbons (Fsp3) is 0. The van der Waals surface area contributed by atoms with Crippen molar-refractivity contribution in [2.75, 3.05) is 0 Å². The van der Waals surface area contributed by atoms with Gasteiger partial charge in [0.25, 0.3) is 0 Å². The molecule has 0 aromatic carbocycles. The van der Waals surface area contributed by atoms with Crippen molar-refractivity contribution in [2.24, 2.45) is 0 Å². The molecule has 4 heteroatoms. The highest BCUT2D eigenvalue weighted by Gasteiger charge is 2.15. The van der Waals surface area contributed by atoms with E-state index in [1.807, 2.05) is 18.2 Å². The zero-order valence-corrected chi connectivity index (χ0v) is 10.4. The van der Waals surface area contributed by atoms with Crippen LogP contribution in [0.3, 0.4) is 0 Å². The summed E-state index contributed by atoms with van der Waals surface area (Å²) in [6.07, 6.45) is 9.80. The summed E-state index contributed by atoms with van der Waals surface area (Å²) >= 11 is 0. The first kappa shape index (κ1) is 12.0. The lowest BCUT2D eigenvalue weighted by Gasteiger charge is -2.01. The predicted molar refractivity (Wildman–Crippen MR) is 75.0 cm³/mol.